The summed E-state index contributed by atoms with van der Waals surface area (Å²) >= 11 is 0. The van der Waals surface area contributed by atoms with Crippen LogP contribution in [0.5, 0.6) is 0 Å². The van der Waals surface area contributed by atoms with Gasteiger partial charge in [0.25, 0.3) is 0 Å². The molecule has 4 aromatic carbocycles. The third kappa shape index (κ3) is 2.43. The van der Waals surface area contributed by atoms with Crippen LogP contribution < -0.4 is 0 Å². The molecule has 0 saturated heterocycles. The van der Waals surface area contributed by atoms with Crippen LogP contribution in [0.1, 0.15) is 45.0 Å². The van der Waals surface area contributed by atoms with Gasteiger partial charge >= 0.3 is 0 Å². The van der Waals surface area contributed by atoms with Crippen molar-refractivity contribution in [2.24, 2.45) is 0 Å². The Hall–Kier alpha value is -5.44. The number of aryl methyl sites for hydroxylation is 4. The maximum Gasteiger partial charge on any atom is 0.177 e. The van der Waals surface area contributed by atoms with E-state index < -0.39 is 0 Å². The zero-order valence-corrected chi connectivity index (χ0v) is 19.7. The van der Waals surface area contributed by atoms with Gasteiger partial charge in [0, 0.05) is 32.3 Å². The van der Waals surface area contributed by atoms with Gasteiger partial charge in [-0.1, -0.05) is 12.1 Å². The van der Waals surface area contributed by atoms with E-state index in [-0.39, 0.29) is 22.8 Å². The monoisotopic (exact) mass is 462 g/mol. The fourth-order valence-electron chi connectivity index (χ4n) is 5.58. The molecule has 166 valence electrons. The van der Waals surface area contributed by atoms with Crippen molar-refractivity contribution in [2.45, 2.75) is 27.7 Å². The van der Waals surface area contributed by atoms with Gasteiger partial charge in [0.2, 0.25) is 0 Å². The molecule has 0 bridgehead atoms. The summed E-state index contributed by atoms with van der Waals surface area (Å²) in [5, 5.41) is 43.7. The summed E-state index contributed by atoms with van der Waals surface area (Å²) in [7, 11) is 0. The number of fused-ring (bicyclic) bond motifs is 6. The van der Waals surface area contributed by atoms with Gasteiger partial charge in [0.05, 0.1) is 22.1 Å². The van der Waals surface area contributed by atoms with Crippen molar-refractivity contribution in [3.8, 4) is 24.3 Å². The van der Waals surface area contributed by atoms with Crippen molar-refractivity contribution in [3.63, 3.8) is 0 Å². The number of benzene rings is 4. The lowest BCUT2D eigenvalue weighted by atomic mass is 9.84. The van der Waals surface area contributed by atoms with E-state index in [2.05, 4.69) is 19.9 Å². The molecule has 0 aliphatic carbocycles. The molecular formula is C28H14N8. The number of rotatable bonds is 0. The molecule has 0 unspecified atom stereocenters. The van der Waals surface area contributed by atoms with E-state index in [9.17, 15) is 21.0 Å². The van der Waals surface area contributed by atoms with Crippen LogP contribution in [0.4, 0.5) is 0 Å². The van der Waals surface area contributed by atoms with Gasteiger partial charge in [-0.05, 0) is 49.9 Å². The molecule has 2 heterocycles. The summed E-state index contributed by atoms with van der Waals surface area (Å²) < 4.78 is 0. The topological polar surface area (TPSA) is 147 Å². The number of aromatic nitrogens is 4. The van der Waals surface area contributed by atoms with Crippen molar-refractivity contribution in [2.75, 3.05) is 0 Å². The molecule has 0 N–H and O–H groups in total. The highest BCUT2D eigenvalue weighted by atomic mass is 14.8. The van der Waals surface area contributed by atoms with Gasteiger partial charge in [-0.2, -0.15) is 21.0 Å². The summed E-state index contributed by atoms with van der Waals surface area (Å²) in [6.07, 6.45) is 0. The van der Waals surface area contributed by atoms with Crippen LogP contribution in [-0.4, -0.2) is 19.9 Å². The molecule has 0 radical (unpaired) electrons. The molecule has 0 amide bonds. The van der Waals surface area contributed by atoms with Gasteiger partial charge in [-0.3, -0.25) is 0 Å². The molecule has 36 heavy (non-hydrogen) atoms. The Morgan fingerprint density at radius 1 is 0.417 bits per heavy atom. The minimum atomic E-state index is -0.0279. The average molecular weight is 462 g/mol. The highest BCUT2D eigenvalue weighted by Gasteiger charge is 2.26. The first kappa shape index (κ1) is 21.1. The summed E-state index contributed by atoms with van der Waals surface area (Å²) in [5.41, 5.74) is 5.80. The number of hydrogen-bond donors (Lipinski definition) is 0. The predicted octanol–water partition coefficient (Wildman–Crippen LogP) is 5.19. The van der Waals surface area contributed by atoms with Gasteiger partial charge < -0.3 is 0 Å². The van der Waals surface area contributed by atoms with E-state index in [0.717, 1.165) is 54.6 Å². The highest BCUT2D eigenvalue weighted by molar-refractivity contribution is 6.40. The predicted molar refractivity (Wildman–Crippen MR) is 134 cm³/mol. The zero-order chi connectivity index (χ0) is 25.5. The van der Waals surface area contributed by atoms with E-state index in [1.807, 2.05) is 64.1 Å². The van der Waals surface area contributed by atoms with E-state index in [1.165, 1.54) is 0 Å². The Morgan fingerprint density at radius 3 is 0.833 bits per heavy atom. The van der Waals surface area contributed by atoms with Crippen molar-refractivity contribution in [1.82, 2.24) is 19.9 Å². The first-order valence-corrected chi connectivity index (χ1v) is 11.1. The van der Waals surface area contributed by atoms with E-state index >= 15 is 0 Å². The van der Waals surface area contributed by atoms with Crippen LogP contribution in [-0.2, 0) is 0 Å². The van der Waals surface area contributed by atoms with Crippen molar-refractivity contribution in [3.05, 3.63) is 57.2 Å². The van der Waals surface area contributed by atoms with Gasteiger partial charge in [0.15, 0.2) is 22.8 Å². The zero-order valence-electron chi connectivity index (χ0n) is 19.7. The summed E-state index contributed by atoms with van der Waals surface area (Å²) in [6.45, 7) is 7.91. The summed E-state index contributed by atoms with van der Waals surface area (Å²) in [6, 6.07) is 12.0. The smallest absolute Gasteiger partial charge is 0.177 e. The molecular weight excluding hydrogens is 448 g/mol. The average Bonchev–Trinajstić information content (AvgIpc) is 2.87. The highest BCUT2D eigenvalue weighted by Crippen LogP contribution is 2.47. The van der Waals surface area contributed by atoms with E-state index in [1.54, 1.807) is 0 Å². The third-order valence-corrected chi connectivity index (χ3v) is 6.86. The molecule has 0 spiro atoms. The van der Waals surface area contributed by atoms with E-state index in [4.69, 9.17) is 0 Å². The van der Waals surface area contributed by atoms with Crippen LogP contribution in [0.15, 0.2) is 12.1 Å². The Labute approximate surface area is 204 Å². The summed E-state index contributed by atoms with van der Waals surface area (Å²) in [4.78, 5) is 18.5. The molecule has 0 saturated carbocycles. The second kappa shape index (κ2) is 7.03. The van der Waals surface area contributed by atoms with Gasteiger partial charge in [-0.15, -0.1) is 0 Å². The third-order valence-electron chi connectivity index (χ3n) is 6.86. The lowest BCUT2D eigenvalue weighted by Crippen LogP contribution is -2.04. The Bertz CT molecular complexity index is 1880. The summed E-state index contributed by atoms with van der Waals surface area (Å²) in [5.74, 6) is 0. The second-order valence-electron chi connectivity index (χ2n) is 8.95. The van der Waals surface area contributed by atoms with Crippen molar-refractivity contribution < 1.29 is 0 Å². The maximum atomic E-state index is 9.67. The van der Waals surface area contributed by atoms with Crippen molar-refractivity contribution in [1.29, 1.82) is 21.0 Å². The Balaban J connectivity index is 2.12. The Kier molecular flexibility index (Phi) is 4.12. The first-order valence-electron chi connectivity index (χ1n) is 11.1. The first-order chi connectivity index (χ1) is 17.3. The molecule has 0 atom stereocenters. The van der Waals surface area contributed by atoms with Crippen LogP contribution in [0.2, 0.25) is 0 Å². The lowest BCUT2D eigenvalue weighted by Gasteiger charge is -2.21. The Morgan fingerprint density at radius 2 is 0.639 bits per heavy atom. The minimum absolute atomic E-state index is 0.0279. The van der Waals surface area contributed by atoms with Crippen LogP contribution in [0, 0.1) is 73.0 Å². The molecule has 6 aromatic rings. The number of nitriles is 4. The quantitative estimate of drug-likeness (QED) is 0.221. The molecule has 8 nitrogen and oxygen atoms in total. The molecule has 8 heteroatoms. The lowest BCUT2D eigenvalue weighted by molar-refractivity contribution is 1.20. The fourth-order valence-corrected chi connectivity index (χ4v) is 5.58. The minimum Gasteiger partial charge on any atom is -0.232 e. The van der Waals surface area contributed by atoms with Gasteiger partial charge in [-0.25, -0.2) is 19.9 Å². The van der Waals surface area contributed by atoms with Crippen molar-refractivity contribution >= 4 is 54.4 Å². The second-order valence-corrected chi connectivity index (χ2v) is 8.95. The van der Waals surface area contributed by atoms with Gasteiger partial charge in [0.1, 0.15) is 24.3 Å². The molecule has 2 aromatic heterocycles. The molecule has 0 fully saturated rings. The standard InChI is InChI=1S/C28H14N8/c1-11-5-12(2)20-23-19(11)25-26(34-16(8-30)15(7-29)33-25)21-13(3)6-14(4)22(24(21)23)28-27(20)35-17(9-31)18(10-32)36-28/h5-6H,1-4H3. The largest absolute Gasteiger partial charge is 0.232 e. The van der Waals surface area contributed by atoms with Crippen LogP contribution >= 0.6 is 0 Å². The number of nitrogens with zero attached hydrogens (tertiary/aromatic N) is 8. The van der Waals surface area contributed by atoms with Crippen LogP contribution in [0.3, 0.4) is 0 Å². The normalized spacial score (nSPS) is 11.2. The number of hydrogen-bond acceptors (Lipinski definition) is 8. The maximum absolute atomic E-state index is 9.67. The fraction of sp³-hybridized carbons (Fsp3) is 0.143. The molecule has 0 aliphatic rings. The molecule has 0 aliphatic heterocycles. The SMILES string of the molecule is Cc1cc(C)c2c3nc(C#N)c(C#N)nc3c3c(C)cc(C)c4c5nc(C#N)c(C#N)nc5c1c2c43. The molecule has 6 rings (SSSR count). The van der Waals surface area contributed by atoms with Crippen LogP contribution in [0.25, 0.3) is 54.4 Å². The van der Waals surface area contributed by atoms with E-state index in [0.29, 0.717) is 22.1 Å².